The number of fused-ring (bicyclic) bond motifs is 4. The Morgan fingerprint density at radius 3 is 2.02 bits per heavy atom. The first kappa shape index (κ1) is 25.7. The molecule has 6 aromatic carbocycles. The Hall–Kier alpha value is -5.41. The van der Waals surface area contributed by atoms with Crippen molar-refractivity contribution in [3.05, 3.63) is 144 Å². The summed E-state index contributed by atoms with van der Waals surface area (Å²) in [4.78, 5) is 5.31. The zero-order valence-electron chi connectivity index (χ0n) is 30.1. The summed E-state index contributed by atoms with van der Waals surface area (Å²) in [6, 6.07) is 43.3. The van der Waals surface area contributed by atoms with Crippen molar-refractivity contribution >= 4 is 33.0 Å². The SMILES string of the molecule is [2H]C([2H])([2H])c1ccc(-c2ccc3c(c2)oc2c(-c4nc5ccccc5n4-c4c(C(C)C)cc(-c5ccccc5)cc4C(C)C)cccc23)cc1. The summed E-state index contributed by atoms with van der Waals surface area (Å²) < 4.78 is 32.3. The van der Waals surface area contributed by atoms with Crippen LogP contribution in [0.4, 0.5) is 0 Å². The molecule has 3 heteroatoms. The van der Waals surface area contributed by atoms with Crippen molar-refractivity contribution in [1.29, 1.82) is 0 Å². The Morgan fingerprint density at radius 1 is 0.617 bits per heavy atom. The normalized spacial score (nSPS) is 13.1. The lowest BCUT2D eigenvalue weighted by Gasteiger charge is -2.24. The molecule has 0 N–H and O–H groups in total. The fourth-order valence-electron chi connectivity index (χ4n) is 6.87. The Labute approximate surface area is 280 Å². The van der Waals surface area contributed by atoms with E-state index in [4.69, 9.17) is 13.5 Å². The number of hydrogen-bond donors (Lipinski definition) is 0. The summed E-state index contributed by atoms with van der Waals surface area (Å²) in [5.41, 5.74) is 12.8. The van der Waals surface area contributed by atoms with Crippen molar-refractivity contribution in [3.8, 4) is 39.3 Å². The predicted molar refractivity (Wildman–Crippen MR) is 198 cm³/mol. The second-order valence-electron chi connectivity index (χ2n) is 13.0. The van der Waals surface area contributed by atoms with Crippen LogP contribution in [0.25, 0.3) is 72.3 Å². The molecule has 0 saturated carbocycles. The van der Waals surface area contributed by atoms with Crippen LogP contribution in [0.5, 0.6) is 0 Å². The van der Waals surface area contributed by atoms with Crippen LogP contribution in [-0.4, -0.2) is 9.55 Å². The van der Waals surface area contributed by atoms with Gasteiger partial charge in [-0.2, -0.15) is 0 Å². The highest BCUT2D eigenvalue weighted by atomic mass is 16.3. The summed E-state index contributed by atoms with van der Waals surface area (Å²) in [6.45, 7) is 6.94. The monoisotopic (exact) mass is 613 g/mol. The molecule has 0 radical (unpaired) electrons. The molecule has 47 heavy (non-hydrogen) atoms. The number of aromatic nitrogens is 2. The van der Waals surface area contributed by atoms with Gasteiger partial charge in [0.15, 0.2) is 0 Å². The van der Waals surface area contributed by atoms with Gasteiger partial charge in [-0.15, -0.1) is 0 Å². The number of benzene rings is 6. The van der Waals surface area contributed by atoms with Gasteiger partial charge in [0.05, 0.1) is 22.3 Å². The van der Waals surface area contributed by atoms with Gasteiger partial charge in [0.1, 0.15) is 17.0 Å². The minimum Gasteiger partial charge on any atom is -0.455 e. The van der Waals surface area contributed by atoms with E-state index in [1.54, 1.807) is 12.1 Å². The van der Waals surface area contributed by atoms with E-state index in [0.717, 1.165) is 55.5 Å². The van der Waals surface area contributed by atoms with Gasteiger partial charge < -0.3 is 4.42 Å². The van der Waals surface area contributed by atoms with Crippen LogP contribution in [0, 0.1) is 6.85 Å². The van der Waals surface area contributed by atoms with Crippen LogP contribution in [0.1, 0.15) is 60.3 Å². The zero-order chi connectivity index (χ0) is 34.7. The van der Waals surface area contributed by atoms with E-state index in [9.17, 15) is 0 Å². The van der Waals surface area contributed by atoms with Crippen molar-refractivity contribution < 1.29 is 8.53 Å². The third-order valence-electron chi connectivity index (χ3n) is 9.26. The van der Waals surface area contributed by atoms with Gasteiger partial charge in [-0.25, -0.2) is 4.98 Å². The maximum atomic E-state index is 7.74. The number of hydrogen-bond acceptors (Lipinski definition) is 2. The lowest BCUT2D eigenvalue weighted by Crippen LogP contribution is -2.09. The lowest BCUT2D eigenvalue weighted by atomic mass is 9.88. The molecule has 0 aliphatic carbocycles. The molecule has 2 aromatic heterocycles. The molecule has 0 spiro atoms. The van der Waals surface area contributed by atoms with Crippen molar-refractivity contribution in [2.24, 2.45) is 0 Å². The average Bonchev–Trinajstić information content (AvgIpc) is 3.69. The first-order chi connectivity index (χ1) is 24.1. The van der Waals surface area contributed by atoms with E-state index in [1.807, 2.05) is 24.3 Å². The summed E-state index contributed by atoms with van der Waals surface area (Å²) >= 11 is 0. The largest absolute Gasteiger partial charge is 0.455 e. The van der Waals surface area contributed by atoms with E-state index in [1.165, 1.54) is 27.9 Å². The van der Waals surface area contributed by atoms with Crippen LogP contribution in [0.2, 0.25) is 0 Å². The average molecular weight is 614 g/mol. The summed E-state index contributed by atoms with van der Waals surface area (Å²) in [5.74, 6) is 1.36. The van der Waals surface area contributed by atoms with Gasteiger partial charge in [-0.05, 0) is 94.5 Å². The molecule has 8 rings (SSSR count). The maximum absolute atomic E-state index is 7.74. The summed E-state index contributed by atoms with van der Waals surface area (Å²) in [6.07, 6.45) is 0. The second-order valence-corrected chi connectivity index (χ2v) is 13.0. The summed E-state index contributed by atoms with van der Waals surface area (Å²) in [5, 5.41) is 2.04. The minimum atomic E-state index is -2.13. The number of rotatable bonds is 6. The zero-order valence-corrected chi connectivity index (χ0v) is 27.1. The molecule has 0 saturated heterocycles. The van der Waals surface area contributed by atoms with E-state index >= 15 is 0 Å². The Bertz CT molecular complexity index is 2490. The second kappa shape index (κ2) is 11.4. The molecule has 8 aromatic rings. The fourth-order valence-corrected chi connectivity index (χ4v) is 6.87. The molecule has 0 aliphatic rings. The van der Waals surface area contributed by atoms with Gasteiger partial charge in [0.25, 0.3) is 0 Å². The lowest BCUT2D eigenvalue weighted by molar-refractivity contribution is 0.669. The van der Waals surface area contributed by atoms with Gasteiger partial charge in [0, 0.05) is 14.9 Å². The molecular formula is C44H38N2O. The van der Waals surface area contributed by atoms with E-state index in [2.05, 4.69) is 123 Å². The van der Waals surface area contributed by atoms with E-state index in [0.29, 0.717) is 5.56 Å². The molecular weight excluding hydrogens is 572 g/mol. The third kappa shape index (κ3) is 4.94. The number of furan rings is 1. The highest BCUT2D eigenvalue weighted by Crippen LogP contribution is 2.43. The van der Waals surface area contributed by atoms with Crippen LogP contribution in [0.3, 0.4) is 0 Å². The third-order valence-corrected chi connectivity index (χ3v) is 9.26. The van der Waals surface area contributed by atoms with Crippen molar-refractivity contribution in [2.45, 2.75) is 46.4 Å². The predicted octanol–water partition coefficient (Wildman–Crippen LogP) is 12.5. The van der Waals surface area contributed by atoms with Crippen LogP contribution in [0.15, 0.2) is 132 Å². The Morgan fingerprint density at radius 2 is 1.30 bits per heavy atom. The molecule has 2 heterocycles. The first-order valence-electron chi connectivity index (χ1n) is 17.9. The van der Waals surface area contributed by atoms with Crippen LogP contribution >= 0.6 is 0 Å². The fraction of sp³-hybridized carbons (Fsp3) is 0.159. The Kier molecular flexibility index (Phi) is 6.26. The highest BCUT2D eigenvalue weighted by Gasteiger charge is 2.25. The van der Waals surface area contributed by atoms with Gasteiger partial charge in [0.2, 0.25) is 0 Å². The van der Waals surface area contributed by atoms with Crippen molar-refractivity contribution in [3.63, 3.8) is 0 Å². The number of para-hydroxylation sites is 3. The molecule has 3 nitrogen and oxygen atoms in total. The van der Waals surface area contributed by atoms with E-state index in [-0.39, 0.29) is 11.8 Å². The van der Waals surface area contributed by atoms with Gasteiger partial charge >= 0.3 is 0 Å². The molecule has 0 aliphatic heterocycles. The smallest absolute Gasteiger partial charge is 0.149 e. The highest BCUT2D eigenvalue weighted by molar-refractivity contribution is 6.10. The quantitative estimate of drug-likeness (QED) is 0.187. The van der Waals surface area contributed by atoms with Crippen molar-refractivity contribution in [2.75, 3.05) is 0 Å². The topological polar surface area (TPSA) is 31.0 Å². The maximum Gasteiger partial charge on any atom is 0.149 e. The van der Waals surface area contributed by atoms with Crippen molar-refractivity contribution in [1.82, 2.24) is 9.55 Å². The van der Waals surface area contributed by atoms with Crippen LogP contribution < -0.4 is 0 Å². The molecule has 0 bridgehead atoms. The molecule has 0 atom stereocenters. The molecule has 0 fully saturated rings. The first-order valence-corrected chi connectivity index (χ1v) is 16.4. The summed E-state index contributed by atoms with van der Waals surface area (Å²) in [7, 11) is 0. The molecule has 0 unspecified atom stereocenters. The minimum absolute atomic E-state index is 0.259. The van der Waals surface area contributed by atoms with Gasteiger partial charge in [-0.1, -0.05) is 118 Å². The number of imidazole rings is 1. The number of aryl methyl sites for hydroxylation is 1. The number of nitrogens with zero attached hydrogens (tertiary/aromatic N) is 2. The van der Waals surface area contributed by atoms with Crippen LogP contribution in [-0.2, 0) is 0 Å². The standard InChI is InChI=1S/C44H38N2O/c1-27(2)37-24-33(30-12-7-6-8-13-30)25-38(28(3)4)42(37)46-40-17-10-9-16-39(40)45-44(46)36-15-11-14-35-34-23-22-32(26-41(34)47-43(35)36)31-20-18-29(5)19-21-31/h6-28H,1-5H3/i5D3. The van der Waals surface area contributed by atoms with Gasteiger partial charge in [-0.3, -0.25) is 4.57 Å². The molecule has 230 valence electrons. The molecule has 0 amide bonds. The van der Waals surface area contributed by atoms with E-state index < -0.39 is 6.85 Å². The Balaban J connectivity index is 1.36.